The maximum Gasteiger partial charge on any atom is 0.255 e. The van der Waals surface area contributed by atoms with Gasteiger partial charge in [-0.15, -0.1) is 0 Å². The van der Waals surface area contributed by atoms with E-state index >= 15 is 0 Å². The molecule has 20 heavy (non-hydrogen) atoms. The van der Waals surface area contributed by atoms with Crippen LogP contribution in [0.3, 0.4) is 0 Å². The lowest BCUT2D eigenvalue weighted by atomic mass is 10.0. The number of benzene rings is 1. The summed E-state index contributed by atoms with van der Waals surface area (Å²) in [5.41, 5.74) is 6.73. The molecule has 1 amide bonds. The quantitative estimate of drug-likeness (QED) is 0.750. The highest BCUT2D eigenvalue weighted by atomic mass is 16.5. The van der Waals surface area contributed by atoms with E-state index < -0.39 is 0 Å². The molecule has 0 bridgehead atoms. The molecule has 1 aromatic rings. The van der Waals surface area contributed by atoms with E-state index in [4.69, 9.17) is 15.2 Å². The zero-order valence-electron chi connectivity index (χ0n) is 12.6. The molecular formula is C15H24N2O3. The number of hydrogen-bond acceptors (Lipinski definition) is 4. The van der Waals surface area contributed by atoms with Crippen LogP contribution in [0.2, 0.25) is 0 Å². The average molecular weight is 280 g/mol. The molecule has 0 aliphatic rings. The molecule has 0 saturated carbocycles. The van der Waals surface area contributed by atoms with Gasteiger partial charge in [0.2, 0.25) is 0 Å². The van der Waals surface area contributed by atoms with Crippen molar-refractivity contribution < 1.29 is 14.3 Å². The Hall–Kier alpha value is -1.75. The Morgan fingerprint density at radius 2 is 2.10 bits per heavy atom. The molecule has 5 nitrogen and oxygen atoms in total. The molecular weight excluding hydrogens is 256 g/mol. The van der Waals surface area contributed by atoms with Crippen molar-refractivity contribution >= 4 is 11.6 Å². The standard InChI is InChI=1S/C15H24N2O3/c1-5-20-9-13(10(2)3)17-15(18)12-7-6-11(16)8-14(12)19-4/h6-8,10,13H,5,9,16H2,1-4H3,(H,17,18). The number of nitrogens with one attached hydrogen (secondary N) is 1. The highest BCUT2D eigenvalue weighted by Crippen LogP contribution is 2.21. The van der Waals surface area contributed by atoms with E-state index in [2.05, 4.69) is 5.32 Å². The molecule has 1 atom stereocenters. The maximum absolute atomic E-state index is 12.3. The molecule has 112 valence electrons. The summed E-state index contributed by atoms with van der Waals surface area (Å²) in [6, 6.07) is 4.96. The van der Waals surface area contributed by atoms with E-state index in [-0.39, 0.29) is 17.9 Å². The van der Waals surface area contributed by atoms with Crippen molar-refractivity contribution in [2.45, 2.75) is 26.8 Å². The SMILES string of the molecule is CCOCC(NC(=O)c1ccc(N)cc1OC)C(C)C. The number of rotatable bonds is 7. The number of amides is 1. The second kappa shape index (κ2) is 7.75. The molecule has 0 aliphatic carbocycles. The van der Waals surface area contributed by atoms with Crippen molar-refractivity contribution in [3.8, 4) is 5.75 Å². The Balaban J connectivity index is 2.83. The van der Waals surface area contributed by atoms with Crippen LogP contribution in [0, 0.1) is 5.92 Å². The smallest absolute Gasteiger partial charge is 0.255 e. The molecule has 1 rings (SSSR count). The summed E-state index contributed by atoms with van der Waals surface area (Å²) in [6.45, 7) is 7.15. The summed E-state index contributed by atoms with van der Waals surface area (Å²) in [5, 5.41) is 2.98. The number of methoxy groups -OCH3 is 1. The highest BCUT2D eigenvalue weighted by Gasteiger charge is 2.19. The van der Waals surface area contributed by atoms with E-state index in [1.807, 2.05) is 20.8 Å². The second-order valence-corrected chi connectivity index (χ2v) is 4.94. The minimum atomic E-state index is -0.180. The van der Waals surface area contributed by atoms with Gasteiger partial charge in [0.05, 0.1) is 25.3 Å². The number of ether oxygens (including phenoxy) is 2. The maximum atomic E-state index is 12.3. The van der Waals surface area contributed by atoms with Gasteiger partial charge in [0.15, 0.2) is 0 Å². The minimum Gasteiger partial charge on any atom is -0.496 e. The zero-order chi connectivity index (χ0) is 15.1. The Morgan fingerprint density at radius 3 is 2.65 bits per heavy atom. The number of hydrogen-bond donors (Lipinski definition) is 2. The van der Waals surface area contributed by atoms with Crippen molar-refractivity contribution in [2.24, 2.45) is 5.92 Å². The predicted octanol–water partition coefficient (Wildman–Crippen LogP) is 2.07. The van der Waals surface area contributed by atoms with Gasteiger partial charge in [-0.05, 0) is 25.0 Å². The van der Waals surface area contributed by atoms with Crippen LogP contribution in [0.5, 0.6) is 5.75 Å². The molecule has 0 aliphatic heterocycles. The monoisotopic (exact) mass is 280 g/mol. The van der Waals surface area contributed by atoms with Crippen molar-refractivity contribution in [1.82, 2.24) is 5.32 Å². The van der Waals surface area contributed by atoms with Crippen molar-refractivity contribution in [2.75, 3.05) is 26.1 Å². The Labute approximate surface area is 120 Å². The molecule has 0 radical (unpaired) electrons. The van der Waals surface area contributed by atoms with Gasteiger partial charge < -0.3 is 20.5 Å². The van der Waals surface area contributed by atoms with Gasteiger partial charge in [-0.1, -0.05) is 13.8 Å². The van der Waals surface area contributed by atoms with E-state index in [0.29, 0.717) is 30.2 Å². The molecule has 3 N–H and O–H groups in total. The largest absolute Gasteiger partial charge is 0.496 e. The van der Waals surface area contributed by atoms with Gasteiger partial charge in [-0.25, -0.2) is 0 Å². The van der Waals surface area contributed by atoms with Crippen molar-refractivity contribution in [1.29, 1.82) is 0 Å². The highest BCUT2D eigenvalue weighted by molar-refractivity contribution is 5.97. The first kappa shape index (κ1) is 16.3. The lowest BCUT2D eigenvalue weighted by molar-refractivity contribution is 0.0804. The molecule has 0 aromatic heterocycles. The Kier molecular flexibility index (Phi) is 6.31. The first-order valence-corrected chi connectivity index (χ1v) is 6.81. The third-order valence-electron chi connectivity index (χ3n) is 3.09. The average Bonchev–Trinajstić information content (AvgIpc) is 2.42. The van der Waals surface area contributed by atoms with Gasteiger partial charge in [0.25, 0.3) is 5.91 Å². The van der Waals surface area contributed by atoms with Crippen LogP contribution in [-0.4, -0.2) is 32.3 Å². The van der Waals surface area contributed by atoms with Crippen LogP contribution in [0.1, 0.15) is 31.1 Å². The number of nitrogens with two attached hydrogens (primary N) is 1. The minimum absolute atomic E-state index is 0.0373. The van der Waals surface area contributed by atoms with E-state index in [0.717, 1.165) is 0 Å². The van der Waals surface area contributed by atoms with Crippen LogP contribution in [-0.2, 0) is 4.74 Å². The first-order chi connectivity index (χ1) is 9.49. The Morgan fingerprint density at radius 1 is 1.40 bits per heavy atom. The summed E-state index contributed by atoms with van der Waals surface area (Å²) in [7, 11) is 1.52. The number of nitrogen functional groups attached to an aromatic ring is 1. The van der Waals surface area contributed by atoms with Crippen molar-refractivity contribution in [3.05, 3.63) is 23.8 Å². The molecule has 1 unspecified atom stereocenters. The van der Waals surface area contributed by atoms with Crippen LogP contribution in [0.25, 0.3) is 0 Å². The van der Waals surface area contributed by atoms with E-state index in [1.54, 1.807) is 18.2 Å². The van der Waals surface area contributed by atoms with Gasteiger partial charge in [-0.3, -0.25) is 4.79 Å². The fourth-order valence-corrected chi connectivity index (χ4v) is 1.79. The fourth-order valence-electron chi connectivity index (χ4n) is 1.79. The fraction of sp³-hybridized carbons (Fsp3) is 0.533. The predicted molar refractivity (Wildman–Crippen MR) is 80.0 cm³/mol. The third-order valence-corrected chi connectivity index (χ3v) is 3.09. The third kappa shape index (κ3) is 4.42. The summed E-state index contributed by atoms with van der Waals surface area (Å²) < 4.78 is 10.6. The lowest BCUT2D eigenvalue weighted by Crippen LogP contribution is -2.42. The van der Waals surface area contributed by atoms with Crippen LogP contribution < -0.4 is 15.8 Å². The van der Waals surface area contributed by atoms with Gasteiger partial charge in [-0.2, -0.15) is 0 Å². The molecule has 1 aromatic carbocycles. The van der Waals surface area contributed by atoms with Crippen LogP contribution in [0.15, 0.2) is 18.2 Å². The van der Waals surface area contributed by atoms with E-state index in [9.17, 15) is 4.79 Å². The number of anilines is 1. The topological polar surface area (TPSA) is 73.6 Å². The van der Waals surface area contributed by atoms with E-state index in [1.165, 1.54) is 7.11 Å². The molecule has 0 heterocycles. The zero-order valence-corrected chi connectivity index (χ0v) is 12.6. The normalized spacial score (nSPS) is 12.2. The molecule has 0 spiro atoms. The van der Waals surface area contributed by atoms with Gasteiger partial charge in [0, 0.05) is 18.4 Å². The van der Waals surface area contributed by atoms with Gasteiger partial charge >= 0.3 is 0 Å². The summed E-state index contributed by atoms with van der Waals surface area (Å²) >= 11 is 0. The van der Waals surface area contributed by atoms with Gasteiger partial charge in [0.1, 0.15) is 5.75 Å². The summed E-state index contributed by atoms with van der Waals surface area (Å²) in [5.74, 6) is 0.576. The van der Waals surface area contributed by atoms with Crippen LogP contribution >= 0.6 is 0 Å². The Bertz CT molecular complexity index is 447. The number of carbonyl (C=O) groups is 1. The summed E-state index contributed by atoms with van der Waals surface area (Å²) in [6.07, 6.45) is 0. The van der Waals surface area contributed by atoms with Crippen molar-refractivity contribution in [3.63, 3.8) is 0 Å². The number of carbonyl (C=O) groups excluding carboxylic acids is 1. The molecule has 0 saturated heterocycles. The van der Waals surface area contributed by atoms with Crippen LogP contribution in [0.4, 0.5) is 5.69 Å². The second-order valence-electron chi connectivity index (χ2n) is 4.94. The lowest BCUT2D eigenvalue weighted by Gasteiger charge is -2.22. The molecule has 0 fully saturated rings. The summed E-state index contributed by atoms with van der Waals surface area (Å²) in [4.78, 5) is 12.3. The first-order valence-electron chi connectivity index (χ1n) is 6.81. The molecule has 5 heteroatoms.